The summed E-state index contributed by atoms with van der Waals surface area (Å²) in [6.45, 7) is 0. The average Bonchev–Trinajstić information content (AvgIpc) is 1.88. The Balaban J connectivity index is 3.16. The number of H-pyrrole nitrogens is 1. The van der Waals surface area contributed by atoms with Crippen molar-refractivity contribution < 1.29 is 0 Å². The van der Waals surface area contributed by atoms with Crippen LogP contribution in [0.4, 0.5) is 5.69 Å². The summed E-state index contributed by atoms with van der Waals surface area (Å²) in [6.07, 6.45) is 3.31. The van der Waals surface area contributed by atoms with E-state index < -0.39 is 0 Å². The molecule has 1 heterocycles. The summed E-state index contributed by atoms with van der Waals surface area (Å²) in [7, 11) is 3.86. The molecular weight excluding hydrogens is 146 g/mol. The lowest BCUT2D eigenvalue weighted by molar-refractivity contribution is 1.06. The molecule has 54 valence electrons. The van der Waals surface area contributed by atoms with Crippen molar-refractivity contribution in [2.45, 2.75) is 0 Å². The normalized spacial score (nSPS) is 9.40. The zero-order valence-corrected chi connectivity index (χ0v) is 6.77. The first-order chi connectivity index (χ1) is 4.72. The van der Waals surface area contributed by atoms with Gasteiger partial charge in [0.15, 0.2) is 0 Å². The van der Waals surface area contributed by atoms with Crippen molar-refractivity contribution in [3.8, 4) is 0 Å². The molecule has 10 heavy (non-hydrogen) atoms. The largest absolute Gasteiger partial charge is 0.374 e. The first kappa shape index (κ1) is 7.21. The van der Waals surface area contributed by atoms with Crippen molar-refractivity contribution in [1.29, 1.82) is 0 Å². The van der Waals surface area contributed by atoms with Crippen LogP contribution < -0.4 is 4.90 Å². The molecule has 4 heteroatoms. The van der Waals surface area contributed by atoms with Gasteiger partial charge in [0, 0.05) is 14.1 Å². The molecule has 0 aliphatic heterocycles. The third-order valence-electron chi connectivity index (χ3n) is 1.18. The van der Waals surface area contributed by atoms with E-state index in [1.54, 1.807) is 12.5 Å². The van der Waals surface area contributed by atoms with Gasteiger partial charge in [0.05, 0.1) is 18.2 Å². The summed E-state index contributed by atoms with van der Waals surface area (Å²) < 4.78 is 0.722. The van der Waals surface area contributed by atoms with Crippen LogP contribution in [0.15, 0.2) is 12.5 Å². The maximum Gasteiger partial charge on any atom is 0.129 e. The summed E-state index contributed by atoms with van der Waals surface area (Å²) in [6, 6.07) is 0. The molecule has 1 N–H and O–H groups in total. The zero-order chi connectivity index (χ0) is 7.56. The minimum absolute atomic E-state index is 0.722. The standard InChI is InChI=1S/C6H9N3S/c1-9(2)5-3-7-4-8-6(5)10/h3-4H,1-2H3,(H,7,8,10). The van der Waals surface area contributed by atoms with E-state index in [9.17, 15) is 0 Å². The SMILES string of the molecule is CN(C)c1cnc[nH]c1=S. The predicted octanol–water partition coefficient (Wildman–Crippen LogP) is 1.21. The van der Waals surface area contributed by atoms with Crippen LogP contribution in [0.5, 0.6) is 0 Å². The number of rotatable bonds is 1. The van der Waals surface area contributed by atoms with E-state index in [1.165, 1.54) is 0 Å². The molecule has 0 spiro atoms. The lowest BCUT2D eigenvalue weighted by Gasteiger charge is -2.09. The number of hydrogen-bond donors (Lipinski definition) is 1. The first-order valence-corrected chi connectivity index (χ1v) is 3.32. The maximum absolute atomic E-state index is 4.99. The highest BCUT2D eigenvalue weighted by molar-refractivity contribution is 7.71. The molecule has 0 bridgehead atoms. The molecule has 3 nitrogen and oxygen atoms in total. The number of hydrogen-bond acceptors (Lipinski definition) is 3. The molecule has 0 fully saturated rings. The second-order valence-corrected chi connectivity index (χ2v) is 2.57. The van der Waals surface area contributed by atoms with Gasteiger partial charge in [-0.3, -0.25) is 0 Å². The van der Waals surface area contributed by atoms with E-state index in [2.05, 4.69) is 9.97 Å². The molecule has 0 radical (unpaired) electrons. The van der Waals surface area contributed by atoms with Gasteiger partial charge in [-0.05, 0) is 0 Å². The molecule has 0 saturated heterocycles. The minimum atomic E-state index is 0.722. The van der Waals surface area contributed by atoms with Crippen LogP contribution in [0.3, 0.4) is 0 Å². The topological polar surface area (TPSA) is 31.9 Å². The fourth-order valence-corrected chi connectivity index (χ4v) is 0.943. The van der Waals surface area contributed by atoms with Gasteiger partial charge in [-0.15, -0.1) is 0 Å². The summed E-state index contributed by atoms with van der Waals surface area (Å²) in [5.41, 5.74) is 0.942. The van der Waals surface area contributed by atoms with Crippen molar-refractivity contribution in [2.75, 3.05) is 19.0 Å². The fourth-order valence-electron chi connectivity index (χ4n) is 0.655. The van der Waals surface area contributed by atoms with Gasteiger partial charge < -0.3 is 9.88 Å². The van der Waals surface area contributed by atoms with Crippen LogP contribution in [-0.4, -0.2) is 24.1 Å². The van der Waals surface area contributed by atoms with E-state index in [0.29, 0.717) is 0 Å². The lowest BCUT2D eigenvalue weighted by Crippen LogP contribution is -2.09. The Morgan fingerprint density at radius 2 is 2.30 bits per heavy atom. The molecule has 0 aliphatic carbocycles. The maximum atomic E-state index is 4.99. The van der Waals surface area contributed by atoms with Gasteiger partial charge in [0.2, 0.25) is 0 Å². The molecule has 0 aliphatic rings. The summed E-state index contributed by atoms with van der Waals surface area (Å²) in [5.74, 6) is 0. The van der Waals surface area contributed by atoms with Crippen molar-refractivity contribution in [3.63, 3.8) is 0 Å². The monoisotopic (exact) mass is 155 g/mol. The Hall–Kier alpha value is -0.900. The average molecular weight is 155 g/mol. The van der Waals surface area contributed by atoms with Crippen molar-refractivity contribution in [1.82, 2.24) is 9.97 Å². The lowest BCUT2D eigenvalue weighted by atomic mass is 10.5. The Morgan fingerprint density at radius 3 is 2.70 bits per heavy atom. The van der Waals surface area contributed by atoms with Gasteiger partial charge in [-0.1, -0.05) is 12.2 Å². The zero-order valence-electron chi connectivity index (χ0n) is 5.96. The molecule has 0 atom stereocenters. The highest BCUT2D eigenvalue weighted by atomic mass is 32.1. The summed E-state index contributed by atoms with van der Waals surface area (Å²) >= 11 is 4.99. The Labute approximate surface area is 64.7 Å². The minimum Gasteiger partial charge on any atom is -0.374 e. The number of aromatic nitrogens is 2. The molecule has 0 amide bonds. The fraction of sp³-hybridized carbons (Fsp3) is 0.333. The van der Waals surface area contributed by atoms with Gasteiger partial charge in [-0.25, -0.2) is 4.98 Å². The Kier molecular flexibility index (Phi) is 2.01. The second kappa shape index (κ2) is 2.79. The Morgan fingerprint density at radius 1 is 1.60 bits per heavy atom. The van der Waals surface area contributed by atoms with Crippen molar-refractivity contribution >= 4 is 17.9 Å². The van der Waals surface area contributed by atoms with E-state index in [0.717, 1.165) is 10.3 Å². The van der Waals surface area contributed by atoms with E-state index in [1.807, 2.05) is 19.0 Å². The van der Waals surface area contributed by atoms with E-state index >= 15 is 0 Å². The third kappa shape index (κ3) is 1.33. The van der Waals surface area contributed by atoms with Gasteiger partial charge in [0.25, 0.3) is 0 Å². The molecule has 0 unspecified atom stereocenters. The second-order valence-electron chi connectivity index (χ2n) is 2.16. The first-order valence-electron chi connectivity index (χ1n) is 2.92. The number of nitrogens with zero attached hydrogens (tertiary/aromatic N) is 2. The Bertz CT molecular complexity index is 266. The predicted molar refractivity (Wildman–Crippen MR) is 43.7 cm³/mol. The smallest absolute Gasteiger partial charge is 0.129 e. The van der Waals surface area contributed by atoms with Gasteiger partial charge >= 0.3 is 0 Å². The van der Waals surface area contributed by atoms with Crippen molar-refractivity contribution in [3.05, 3.63) is 17.2 Å². The highest BCUT2D eigenvalue weighted by Crippen LogP contribution is 2.07. The van der Waals surface area contributed by atoms with Crippen LogP contribution in [0.25, 0.3) is 0 Å². The van der Waals surface area contributed by atoms with Crippen LogP contribution in [0.1, 0.15) is 0 Å². The summed E-state index contributed by atoms with van der Waals surface area (Å²) in [4.78, 5) is 8.67. The van der Waals surface area contributed by atoms with Gasteiger partial charge in [0.1, 0.15) is 4.64 Å². The quantitative estimate of drug-likeness (QED) is 0.618. The van der Waals surface area contributed by atoms with Gasteiger partial charge in [-0.2, -0.15) is 0 Å². The molecular formula is C6H9N3S. The van der Waals surface area contributed by atoms with E-state index in [4.69, 9.17) is 12.2 Å². The molecule has 0 aromatic carbocycles. The molecule has 1 aromatic rings. The number of aromatic amines is 1. The van der Waals surface area contributed by atoms with Crippen LogP contribution in [0.2, 0.25) is 0 Å². The number of anilines is 1. The van der Waals surface area contributed by atoms with Crippen LogP contribution in [-0.2, 0) is 0 Å². The van der Waals surface area contributed by atoms with E-state index in [-0.39, 0.29) is 0 Å². The van der Waals surface area contributed by atoms with Crippen molar-refractivity contribution in [2.24, 2.45) is 0 Å². The molecule has 0 saturated carbocycles. The molecule has 1 aromatic heterocycles. The number of nitrogens with one attached hydrogen (secondary N) is 1. The van der Waals surface area contributed by atoms with Crippen LogP contribution >= 0.6 is 12.2 Å². The van der Waals surface area contributed by atoms with Crippen LogP contribution in [0, 0.1) is 4.64 Å². The molecule has 1 rings (SSSR count). The highest BCUT2D eigenvalue weighted by Gasteiger charge is 1.94. The third-order valence-corrected chi connectivity index (χ3v) is 1.51. The summed E-state index contributed by atoms with van der Waals surface area (Å²) in [5, 5.41) is 0.